The van der Waals surface area contributed by atoms with E-state index in [4.69, 9.17) is 5.11 Å². The molecule has 0 atom stereocenters. The predicted octanol–water partition coefficient (Wildman–Crippen LogP) is 2.26. The summed E-state index contributed by atoms with van der Waals surface area (Å²) in [6, 6.07) is 2.10. The topological polar surface area (TPSA) is 26.7 Å². The molecular weight excluding hydrogens is 280 g/mol. The zero-order valence-electron chi connectivity index (χ0n) is 13.1. The highest BCUT2D eigenvalue weighted by Gasteiger charge is 2.20. The predicted molar refractivity (Wildman–Crippen MR) is 89.5 cm³/mol. The van der Waals surface area contributed by atoms with E-state index in [9.17, 15) is 0 Å². The van der Waals surface area contributed by atoms with Crippen LogP contribution in [0.25, 0.3) is 0 Å². The maximum absolute atomic E-state index is 8.80. The van der Waals surface area contributed by atoms with Crippen LogP contribution in [0.15, 0.2) is 11.4 Å². The van der Waals surface area contributed by atoms with Gasteiger partial charge in [0.15, 0.2) is 0 Å². The molecule has 4 heteroatoms. The third kappa shape index (κ3) is 5.44. The fraction of sp³-hybridized carbons (Fsp3) is 0.647. The van der Waals surface area contributed by atoms with Crippen LogP contribution in [-0.2, 0) is 6.54 Å². The summed E-state index contributed by atoms with van der Waals surface area (Å²) in [5, 5.41) is 10.9. The Balaban J connectivity index is 1.84. The van der Waals surface area contributed by atoms with E-state index in [1.165, 1.54) is 37.4 Å². The normalized spacial score (nSPS) is 17.0. The molecule has 0 aromatic carbocycles. The van der Waals surface area contributed by atoms with E-state index in [1.807, 2.05) is 0 Å². The van der Waals surface area contributed by atoms with Gasteiger partial charge in [0.2, 0.25) is 0 Å². The summed E-state index contributed by atoms with van der Waals surface area (Å²) >= 11 is 1.80. The van der Waals surface area contributed by atoms with Gasteiger partial charge >= 0.3 is 0 Å². The lowest BCUT2D eigenvalue weighted by Gasteiger charge is -2.33. The molecule has 1 N–H and O–H groups in total. The molecule has 21 heavy (non-hydrogen) atoms. The van der Waals surface area contributed by atoms with Gasteiger partial charge in [0.1, 0.15) is 0 Å². The summed E-state index contributed by atoms with van der Waals surface area (Å²) in [5.41, 5.74) is 1.14. The number of aliphatic hydroxyl groups is 1. The largest absolute Gasteiger partial charge is 0.395 e. The molecule has 1 saturated heterocycles. The average molecular weight is 306 g/mol. The molecule has 0 bridgehead atoms. The smallest absolute Gasteiger partial charge is 0.0540 e. The Labute approximate surface area is 132 Å². The van der Waals surface area contributed by atoms with Gasteiger partial charge < -0.3 is 10.0 Å². The highest BCUT2D eigenvalue weighted by molar-refractivity contribution is 7.10. The van der Waals surface area contributed by atoms with Gasteiger partial charge in [0.05, 0.1) is 6.61 Å². The minimum absolute atomic E-state index is 0.145. The van der Waals surface area contributed by atoms with Gasteiger partial charge in [-0.25, -0.2) is 0 Å². The van der Waals surface area contributed by atoms with E-state index in [2.05, 4.69) is 47.2 Å². The monoisotopic (exact) mass is 306 g/mol. The molecule has 0 radical (unpaired) electrons. The van der Waals surface area contributed by atoms with Gasteiger partial charge in [-0.3, -0.25) is 4.90 Å². The summed E-state index contributed by atoms with van der Waals surface area (Å²) in [6.45, 7) is 4.77. The van der Waals surface area contributed by atoms with Gasteiger partial charge in [0.25, 0.3) is 0 Å². The van der Waals surface area contributed by atoms with Crippen molar-refractivity contribution in [2.75, 3.05) is 40.3 Å². The van der Waals surface area contributed by atoms with Crippen LogP contribution in [0.5, 0.6) is 0 Å². The van der Waals surface area contributed by atoms with Crippen molar-refractivity contribution in [1.29, 1.82) is 0 Å². The number of hydrogen-bond donors (Lipinski definition) is 1. The molecule has 1 fully saturated rings. The third-order valence-electron chi connectivity index (χ3n) is 3.90. The van der Waals surface area contributed by atoms with E-state index in [0.29, 0.717) is 6.42 Å². The van der Waals surface area contributed by atoms with E-state index >= 15 is 0 Å². The number of rotatable bonds is 5. The third-order valence-corrected chi connectivity index (χ3v) is 4.81. The van der Waals surface area contributed by atoms with Crippen LogP contribution in [0.2, 0.25) is 0 Å². The van der Waals surface area contributed by atoms with Crippen LogP contribution in [0.3, 0.4) is 0 Å². The van der Waals surface area contributed by atoms with Crippen LogP contribution in [0, 0.1) is 17.8 Å². The van der Waals surface area contributed by atoms with Crippen molar-refractivity contribution in [3.63, 3.8) is 0 Å². The lowest BCUT2D eigenvalue weighted by Crippen LogP contribution is -2.36. The number of piperidine rings is 1. The highest BCUT2D eigenvalue weighted by Crippen LogP contribution is 2.23. The maximum Gasteiger partial charge on any atom is 0.0540 e. The molecule has 116 valence electrons. The molecule has 0 saturated carbocycles. The van der Waals surface area contributed by atoms with Crippen LogP contribution in [0.4, 0.5) is 0 Å². The molecule has 1 aliphatic rings. The fourth-order valence-electron chi connectivity index (χ4n) is 2.83. The molecule has 2 heterocycles. The second kappa shape index (κ2) is 8.55. The van der Waals surface area contributed by atoms with E-state index in [0.717, 1.165) is 18.0 Å². The first-order chi connectivity index (χ1) is 10.2. The molecule has 1 aromatic rings. The van der Waals surface area contributed by atoms with Crippen molar-refractivity contribution >= 4 is 11.3 Å². The minimum Gasteiger partial charge on any atom is -0.395 e. The Kier molecular flexibility index (Phi) is 6.72. The number of likely N-dealkylation sites (tertiary alicyclic amines) is 1. The van der Waals surface area contributed by atoms with Crippen molar-refractivity contribution in [2.24, 2.45) is 5.92 Å². The lowest BCUT2D eigenvalue weighted by molar-refractivity contribution is 0.158. The summed E-state index contributed by atoms with van der Waals surface area (Å²) in [7, 11) is 4.32. The van der Waals surface area contributed by atoms with Crippen LogP contribution >= 0.6 is 11.3 Å². The molecule has 0 unspecified atom stereocenters. The molecule has 1 aromatic heterocycles. The van der Waals surface area contributed by atoms with Gasteiger partial charge in [-0.2, -0.15) is 0 Å². The Hall–Kier alpha value is -0.860. The van der Waals surface area contributed by atoms with E-state index in [1.54, 1.807) is 11.3 Å². The Morgan fingerprint density at radius 1 is 1.38 bits per heavy atom. The number of hydrogen-bond acceptors (Lipinski definition) is 4. The number of nitrogens with zero attached hydrogens (tertiary/aromatic N) is 2. The zero-order chi connectivity index (χ0) is 15.1. The molecular formula is C17H26N2OS. The molecule has 0 spiro atoms. The Morgan fingerprint density at radius 2 is 2.14 bits per heavy atom. The SMILES string of the molecule is CN(C)CC1CCN(Cc2sccc2C#CCCO)CC1. The molecule has 1 aliphatic heterocycles. The van der Waals surface area contributed by atoms with Gasteiger partial charge in [-0.1, -0.05) is 11.8 Å². The summed E-state index contributed by atoms with van der Waals surface area (Å²) in [6.07, 6.45) is 3.16. The van der Waals surface area contributed by atoms with Crippen LogP contribution in [0.1, 0.15) is 29.7 Å². The van der Waals surface area contributed by atoms with Crippen LogP contribution < -0.4 is 0 Å². The van der Waals surface area contributed by atoms with Crippen LogP contribution in [-0.4, -0.2) is 55.2 Å². The summed E-state index contributed by atoms with van der Waals surface area (Å²) in [5.74, 6) is 7.06. The first kappa shape index (κ1) is 16.5. The van der Waals surface area contributed by atoms with Gasteiger partial charge in [-0.15, -0.1) is 11.3 Å². The molecule has 0 aliphatic carbocycles. The molecule has 3 nitrogen and oxygen atoms in total. The van der Waals surface area contributed by atoms with Crippen molar-refractivity contribution in [2.45, 2.75) is 25.8 Å². The first-order valence-corrected chi connectivity index (χ1v) is 8.60. The standard InChI is InChI=1S/C17H26N2OS/c1-18(2)13-15-6-9-19(10-7-15)14-17-16(8-12-21-17)5-3-4-11-20/h8,12,15,20H,4,6-7,9-11,13-14H2,1-2H3. The zero-order valence-corrected chi connectivity index (χ0v) is 14.0. The first-order valence-electron chi connectivity index (χ1n) is 7.72. The van der Waals surface area contributed by atoms with Crippen molar-refractivity contribution in [3.8, 4) is 11.8 Å². The molecule has 0 amide bonds. The fourth-order valence-corrected chi connectivity index (χ4v) is 3.71. The summed E-state index contributed by atoms with van der Waals surface area (Å²) < 4.78 is 0. The minimum atomic E-state index is 0.145. The lowest BCUT2D eigenvalue weighted by atomic mass is 9.96. The average Bonchev–Trinajstić information content (AvgIpc) is 2.88. The van der Waals surface area contributed by atoms with Gasteiger partial charge in [0, 0.05) is 30.0 Å². The molecule has 2 rings (SSSR count). The van der Waals surface area contributed by atoms with E-state index in [-0.39, 0.29) is 6.61 Å². The Morgan fingerprint density at radius 3 is 2.81 bits per heavy atom. The van der Waals surface area contributed by atoms with Crippen molar-refractivity contribution in [3.05, 3.63) is 21.9 Å². The number of aliphatic hydroxyl groups excluding tert-OH is 1. The second-order valence-electron chi connectivity index (χ2n) is 6.01. The highest BCUT2D eigenvalue weighted by atomic mass is 32.1. The van der Waals surface area contributed by atoms with Crippen molar-refractivity contribution in [1.82, 2.24) is 9.80 Å². The van der Waals surface area contributed by atoms with E-state index < -0.39 is 0 Å². The second-order valence-corrected chi connectivity index (χ2v) is 7.02. The summed E-state index contributed by atoms with van der Waals surface area (Å²) in [4.78, 5) is 6.22. The van der Waals surface area contributed by atoms with Gasteiger partial charge in [-0.05, 0) is 57.4 Å². The quantitative estimate of drug-likeness (QED) is 0.845. The Bertz CT molecular complexity index is 478. The van der Waals surface area contributed by atoms with Crippen molar-refractivity contribution < 1.29 is 5.11 Å². The maximum atomic E-state index is 8.80. The number of thiophene rings is 1.